The van der Waals surface area contributed by atoms with E-state index in [1.54, 1.807) is 12.1 Å². The predicted molar refractivity (Wildman–Crippen MR) is 93.4 cm³/mol. The number of hydrogen-bond donors (Lipinski definition) is 1. The maximum Gasteiger partial charge on any atom is 0.146 e. The van der Waals surface area contributed by atoms with Crippen molar-refractivity contribution in [3.63, 3.8) is 0 Å². The van der Waals surface area contributed by atoms with Crippen LogP contribution in [0.4, 0.5) is 10.1 Å². The molecule has 1 saturated carbocycles. The average Bonchev–Trinajstić information content (AvgIpc) is 3.35. The zero-order valence-electron chi connectivity index (χ0n) is 14.2. The first kappa shape index (κ1) is 15.6. The van der Waals surface area contributed by atoms with Crippen LogP contribution in [0.5, 0.6) is 0 Å². The van der Waals surface area contributed by atoms with Crippen LogP contribution in [-0.4, -0.2) is 28.7 Å². The van der Waals surface area contributed by atoms with Crippen molar-refractivity contribution >= 4 is 5.69 Å². The van der Waals surface area contributed by atoms with Crippen molar-refractivity contribution < 1.29 is 4.39 Å². The van der Waals surface area contributed by atoms with Crippen molar-refractivity contribution in [1.82, 2.24) is 14.9 Å². The fourth-order valence-corrected chi connectivity index (χ4v) is 3.78. The van der Waals surface area contributed by atoms with Gasteiger partial charge in [0.1, 0.15) is 11.6 Å². The number of rotatable bonds is 5. The summed E-state index contributed by atoms with van der Waals surface area (Å²) in [5, 5.41) is 3.84. The van der Waals surface area contributed by atoms with Gasteiger partial charge in [0.25, 0.3) is 0 Å². The average molecular weight is 328 g/mol. The molecule has 1 atom stereocenters. The third-order valence-corrected chi connectivity index (χ3v) is 5.33. The lowest BCUT2D eigenvalue weighted by Crippen LogP contribution is -2.44. The first-order chi connectivity index (χ1) is 11.7. The minimum atomic E-state index is -0.118. The molecule has 1 unspecified atom stereocenters. The lowest BCUT2D eigenvalue weighted by molar-refractivity contribution is 0.336. The number of imidazole rings is 1. The summed E-state index contributed by atoms with van der Waals surface area (Å²) in [6.07, 6.45) is 8.57. The van der Waals surface area contributed by atoms with Crippen LogP contribution in [0.2, 0.25) is 0 Å². The molecular formula is C19H25FN4. The third kappa shape index (κ3) is 3.18. The van der Waals surface area contributed by atoms with E-state index < -0.39 is 0 Å². The maximum absolute atomic E-state index is 14.0. The van der Waals surface area contributed by atoms with E-state index in [-0.39, 0.29) is 5.82 Å². The van der Waals surface area contributed by atoms with Crippen molar-refractivity contribution in [2.24, 2.45) is 13.0 Å². The molecule has 2 aromatic rings. The minimum absolute atomic E-state index is 0.118. The molecule has 1 aliphatic heterocycles. The molecule has 4 rings (SSSR count). The molecular weight excluding hydrogens is 303 g/mol. The Morgan fingerprint density at radius 1 is 1.17 bits per heavy atom. The normalized spacial score (nSPS) is 20.3. The largest absolute Gasteiger partial charge is 0.369 e. The van der Waals surface area contributed by atoms with Gasteiger partial charge in [-0.05, 0) is 43.7 Å². The van der Waals surface area contributed by atoms with Crippen LogP contribution in [0.15, 0.2) is 36.7 Å². The summed E-state index contributed by atoms with van der Waals surface area (Å²) in [6, 6.07) is 7.92. The Kier molecular flexibility index (Phi) is 4.27. The van der Waals surface area contributed by atoms with Gasteiger partial charge in [-0.25, -0.2) is 9.37 Å². The van der Waals surface area contributed by atoms with Gasteiger partial charge < -0.3 is 14.8 Å². The quantitative estimate of drug-likeness (QED) is 0.914. The number of nitrogens with zero attached hydrogens (tertiary/aromatic N) is 3. The summed E-state index contributed by atoms with van der Waals surface area (Å²) in [6.45, 7) is 1.80. The Bertz CT molecular complexity index is 686. The van der Waals surface area contributed by atoms with Crippen molar-refractivity contribution in [1.29, 1.82) is 0 Å². The first-order valence-electron chi connectivity index (χ1n) is 8.95. The number of anilines is 1. The van der Waals surface area contributed by atoms with E-state index in [4.69, 9.17) is 0 Å². The van der Waals surface area contributed by atoms with Gasteiger partial charge in [-0.3, -0.25) is 0 Å². The molecule has 0 radical (unpaired) electrons. The van der Waals surface area contributed by atoms with Crippen LogP contribution in [0, 0.1) is 11.7 Å². The number of hydrogen-bond acceptors (Lipinski definition) is 3. The first-order valence-corrected chi connectivity index (χ1v) is 8.95. The van der Waals surface area contributed by atoms with Gasteiger partial charge in [-0.15, -0.1) is 0 Å². The number of halogens is 1. The molecule has 1 aliphatic carbocycles. The molecule has 0 spiro atoms. The minimum Gasteiger partial charge on any atom is -0.369 e. The van der Waals surface area contributed by atoms with Crippen LogP contribution in [0.25, 0.3) is 0 Å². The standard InChI is InChI=1S/C19H25FN4/c1-23-13-10-21-19(23)18(14-6-7-14)22-15-8-11-24(12-9-15)17-5-3-2-4-16(17)20/h2-5,10,13-15,18,22H,6-9,11-12H2,1H3. The molecule has 0 amide bonds. The van der Waals surface area contributed by atoms with Crippen LogP contribution in [-0.2, 0) is 7.05 Å². The molecule has 1 saturated heterocycles. The van der Waals surface area contributed by atoms with E-state index >= 15 is 0 Å². The van der Waals surface area contributed by atoms with Gasteiger partial charge in [0.2, 0.25) is 0 Å². The van der Waals surface area contributed by atoms with E-state index in [9.17, 15) is 4.39 Å². The van der Waals surface area contributed by atoms with Crippen molar-refractivity contribution in [3.8, 4) is 0 Å². The zero-order valence-corrected chi connectivity index (χ0v) is 14.2. The number of nitrogens with one attached hydrogen (secondary N) is 1. The summed E-state index contributed by atoms with van der Waals surface area (Å²) in [7, 11) is 2.07. The molecule has 5 heteroatoms. The van der Waals surface area contributed by atoms with Crippen LogP contribution in [0.3, 0.4) is 0 Å². The molecule has 0 bridgehead atoms. The molecule has 24 heavy (non-hydrogen) atoms. The van der Waals surface area contributed by atoms with Crippen LogP contribution < -0.4 is 10.2 Å². The molecule has 1 N–H and O–H groups in total. The fourth-order valence-electron chi connectivity index (χ4n) is 3.78. The Labute approximate surface area is 142 Å². The Hall–Kier alpha value is -1.88. The second-order valence-electron chi connectivity index (χ2n) is 7.09. The summed E-state index contributed by atoms with van der Waals surface area (Å²) in [5.74, 6) is 1.75. The molecule has 1 aromatic carbocycles. The van der Waals surface area contributed by atoms with Gasteiger partial charge in [-0.2, -0.15) is 0 Å². The predicted octanol–water partition coefficient (Wildman–Crippen LogP) is 3.27. The Morgan fingerprint density at radius 2 is 1.92 bits per heavy atom. The van der Waals surface area contributed by atoms with E-state index in [1.807, 2.05) is 24.5 Å². The molecule has 128 valence electrons. The lowest BCUT2D eigenvalue weighted by Gasteiger charge is -2.36. The molecule has 2 aliphatic rings. The fraction of sp³-hybridized carbons (Fsp3) is 0.526. The van der Waals surface area contributed by atoms with Gasteiger partial charge in [-0.1, -0.05) is 12.1 Å². The van der Waals surface area contributed by atoms with E-state index in [1.165, 1.54) is 12.8 Å². The number of aromatic nitrogens is 2. The number of benzene rings is 1. The van der Waals surface area contributed by atoms with Crippen molar-refractivity contribution in [3.05, 3.63) is 48.3 Å². The molecule has 2 heterocycles. The molecule has 2 fully saturated rings. The van der Waals surface area contributed by atoms with Crippen LogP contribution >= 0.6 is 0 Å². The summed E-state index contributed by atoms with van der Waals surface area (Å²) < 4.78 is 16.1. The van der Waals surface area contributed by atoms with Crippen LogP contribution in [0.1, 0.15) is 37.5 Å². The number of para-hydroxylation sites is 1. The van der Waals surface area contributed by atoms with Crippen molar-refractivity contribution in [2.75, 3.05) is 18.0 Å². The second kappa shape index (κ2) is 6.55. The van der Waals surface area contributed by atoms with Gasteiger partial charge >= 0.3 is 0 Å². The molecule has 4 nitrogen and oxygen atoms in total. The molecule has 1 aromatic heterocycles. The second-order valence-corrected chi connectivity index (χ2v) is 7.09. The summed E-state index contributed by atoms with van der Waals surface area (Å²) in [5.41, 5.74) is 0.735. The SMILES string of the molecule is Cn1ccnc1C(NC1CCN(c2ccccc2F)CC1)C1CC1. The summed E-state index contributed by atoms with van der Waals surface area (Å²) >= 11 is 0. The number of piperidine rings is 1. The van der Waals surface area contributed by atoms with Crippen molar-refractivity contribution in [2.45, 2.75) is 37.8 Å². The van der Waals surface area contributed by atoms with E-state index in [2.05, 4.69) is 26.8 Å². The highest BCUT2D eigenvalue weighted by Gasteiger charge is 2.36. The maximum atomic E-state index is 14.0. The monoisotopic (exact) mass is 328 g/mol. The zero-order chi connectivity index (χ0) is 16.5. The highest BCUT2D eigenvalue weighted by Crippen LogP contribution is 2.41. The third-order valence-electron chi connectivity index (χ3n) is 5.33. The summed E-state index contributed by atoms with van der Waals surface area (Å²) in [4.78, 5) is 6.72. The van der Waals surface area contributed by atoms with Gasteiger partial charge in [0.05, 0.1) is 11.7 Å². The van der Waals surface area contributed by atoms with E-state index in [0.29, 0.717) is 12.1 Å². The van der Waals surface area contributed by atoms with E-state index in [0.717, 1.165) is 43.4 Å². The highest BCUT2D eigenvalue weighted by atomic mass is 19.1. The van der Waals surface area contributed by atoms with Gasteiger partial charge in [0.15, 0.2) is 0 Å². The Morgan fingerprint density at radius 3 is 2.54 bits per heavy atom. The Balaban J connectivity index is 1.39. The number of aryl methyl sites for hydroxylation is 1. The highest BCUT2D eigenvalue weighted by molar-refractivity contribution is 5.47. The van der Waals surface area contributed by atoms with Gasteiger partial charge in [0, 0.05) is 38.6 Å². The topological polar surface area (TPSA) is 33.1 Å². The smallest absolute Gasteiger partial charge is 0.146 e. The lowest BCUT2D eigenvalue weighted by atomic mass is 10.0.